The molecule has 6 fully saturated rings. The molecule has 8 aliphatic rings. The van der Waals surface area contributed by atoms with Crippen molar-refractivity contribution in [3.63, 3.8) is 0 Å². The Bertz CT molecular complexity index is 1330. The molecule has 6 saturated heterocycles. The molecular formula is C26H27N3O6. The lowest BCUT2D eigenvalue weighted by Crippen LogP contribution is -2.88. The van der Waals surface area contributed by atoms with Gasteiger partial charge in [-0.25, -0.2) is 9.90 Å². The van der Waals surface area contributed by atoms with Crippen LogP contribution in [0.2, 0.25) is 0 Å². The molecule has 9 nitrogen and oxygen atoms in total. The number of piperidine rings is 2. The van der Waals surface area contributed by atoms with Crippen molar-refractivity contribution in [1.82, 2.24) is 10.2 Å². The second kappa shape index (κ2) is 5.42. The predicted octanol–water partition coefficient (Wildman–Crippen LogP) is 2.15. The molecule has 0 aliphatic carbocycles. The Labute approximate surface area is 202 Å². The van der Waals surface area contributed by atoms with Gasteiger partial charge in [-0.3, -0.25) is 14.4 Å². The highest BCUT2D eigenvalue weighted by molar-refractivity contribution is 6.16. The molecule has 2 unspecified atom stereocenters. The highest BCUT2D eigenvalue weighted by atomic mass is 16.9. The number of ether oxygens (including phenoxy) is 2. The van der Waals surface area contributed by atoms with Crippen LogP contribution >= 0.6 is 0 Å². The van der Waals surface area contributed by atoms with E-state index >= 15 is 0 Å². The van der Waals surface area contributed by atoms with Gasteiger partial charge in [0.25, 0.3) is 5.91 Å². The molecule has 0 saturated carbocycles. The van der Waals surface area contributed by atoms with E-state index in [-0.39, 0.29) is 23.5 Å². The second-order valence-corrected chi connectivity index (χ2v) is 12.1. The maximum atomic E-state index is 14.2. The number of amides is 2. The third kappa shape index (κ3) is 1.82. The van der Waals surface area contributed by atoms with Gasteiger partial charge in [0.15, 0.2) is 5.54 Å². The van der Waals surface area contributed by atoms with E-state index in [1.54, 1.807) is 16.0 Å². The summed E-state index contributed by atoms with van der Waals surface area (Å²) in [7, 11) is 0. The van der Waals surface area contributed by atoms with Gasteiger partial charge in [-0.15, -0.1) is 0 Å². The third-order valence-corrected chi connectivity index (χ3v) is 9.76. The zero-order valence-corrected chi connectivity index (χ0v) is 20.1. The van der Waals surface area contributed by atoms with E-state index in [2.05, 4.69) is 5.32 Å². The molecule has 1 N–H and O–H groups in total. The fraction of sp³-hybridized carbons (Fsp3) is 0.577. The Balaban J connectivity index is 1.35. The molecule has 4 bridgehead atoms. The number of Topliss-reactive ketones (excluding diaryl/α,β-unsaturated/α-hetero) is 1. The number of nitrogens with one attached hydrogen (secondary N) is 1. The van der Waals surface area contributed by atoms with Gasteiger partial charge in [-0.1, -0.05) is 13.8 Å². The van der Waals surface area contributed by atoms with E-state index < -0.39 is 34.1 Å². The summed E-state index contributed by atoms with van der Waals surface area (Å²) in [6.07, 6.45) is 4.73. The number of hydroxylamine groups is 1. The number of benzene rings is 1. The molecule has 3 spiro atoms. The first-order valence-corrected chi connectivity index (χ1v) is 12.4. The minimum Gasteiger partial charge on any atom is -0.483 e. The van der Waals surface area contributed by atoms with E-state index in [4.69, 9.17) is 14.3 Å². The van der Waals surface area contributed by atoms with Gasteiger partial charge >= 0.3 is 0 Å². The first-order valence-electron chi connectivity index (χ1n) is 12.4. The molecule has 9 rings (SSSR count). The predicted molar refractivity (Wildman–Crippen MR) is 122 cm³/mol. The van der Waals surface area contributed by atoms with Crippen LogP contribution in [0.1, 0.15) is 62.9 Å². The average molecular weight is 478 g/mol. The van der Waals surface area contributed by atoms with Gasteiger partial charge < -0.3 is 19.7 Å². The lowest BCUT2D eigenvalue weighted by atomic mass is 9.52. The van der Waals surface area contributed by atoms with Crippen molar-refractivity contribution < 1.29 is 28.7 Å². The molecule has 5 atom stereocenters. The van der Waals surface area contributed by atoms with Crippen molar-refractivity contribution >= 4 is 29.4 Å². The fourth-order valence-corrected chi connectivity index (χ4v) is 8.07. The number of nitrogens with zero attached hydrogens (tertiary/aromatic N) is 2. The maximum Gasteiger partial charge on any atom is 0.254 e. The number of carbonyl (C=O) groups excluding carboxylic acids is 3. The summed E-state index contributed by atoms with van der Waals surface area (Å²) in [6.45, 7) is 8.43. The molecule has 9 heteroatoms. The van der Waals surface area contributed by atoms with Crippen LogP contribution in [0.15, 0.2) is 18.2 Å². The van der Waals surface area contributed by atoms with Crippen LogP contribution in [0.4, 0.5) is 5.69 Å². The quantitative estimate of drug-likeness (QED) is 0.612. The Kier molecular flexibility index (Phi) is 3.14. The van der Waals surface area contributed by atoms with E-state index in [1.807, 2.05) is 45.9 Å². The monoisotopic (exact) mass is 477 g/mol. The van der Waals surface area contributed by atoms with Gasteiger partial charge in [-0.2, -0.15) is 0 Å². The smallest absolute Gasteiger partial charge is 0.254 e. The van der Waals surface area contributed by atoms with Crippen molar-refractivity contribution in [2.75, 3.05) is 11.6 Å². The standard InChI is InChI=1S/C26H27N3O6/c1-22(2)10-8-13-15(33-22)7-6-14-17(13)29-26(18(14)30)23(3,4)16-12-24-9-5-11-28(24)20(32)25(16,27-19(24)31)21(34-26)35-29/h6-8,10,16,21H,5,9,11-12H2,1-4H3,(H,27,31)/t16?,21-,24-,25?,26-/m0/s1. The number of hydrogen-bond donors (Lipinski definition) is 1. The molecule has 1 aromatic rings. The Morgan fingerprint density at radius 3 is 2.71 bits per heavy atom. The number of hydrogen-bond acceptors (Lipinski definition) is 7. The largest absolute Gasteiger partial charge is 0.483 e. The maximum absolute atomic E-state index is 14.2. The first-order chi connectivity index (χ1) is 16.5. The normalized spacial score (nSPS) is 42.2. The topological polar surface area (TPSA) is 97.4 Å². The molecule has 8 heterocycles. The average Bonchev–Trinajstić information content (AvgIpc) is 3.46. The number of ketones is 1. The summed E-state index contributed by atoms with van der Waals surface area (Å²) < 4.78 is 12.7. The molecule has 35 heavy (non-hydrogen) atoms. The van der Waals surface area contributed by atoms with Crippen molar-refractivity contribution in [3.8, 4) is 5.75 Å². The minimum absolute atomic E-state index is 0.139. The van der Waals surface area contributed by atoms with Crippen LogP contribution in [-0.4, -0.2) is 57.7 Å². The van der Waals surface area contributed by atoms with Gasteiger partial charge in [0.2, 0.25) is 23.7 Å². The SMILES string of the molecule is CC1(C)C=Cc2c(ccc3c2N2O[C@@H]4O[C@@]2(C3=O)C(C)(C)C2C[C@]35CCCN3C(=O)C24NC5=O)O1. The van der Waals surface area contributed by atoms with E-state index in [0.717, 1.165) is 12.0 Å². The van der Waals surface area contributed by atoms with Crippen molar-refractivity contribution in [1.29, 1.82) is 0 Å². The zero-order valence-electron chi connectivity index (χ0n) is 20.1. The van der Waals surface area contributed by atoms with E-state index in [9.17, 15) is 14.4 Å². The summed E-state index contributed by atoms with van der Waals surface area (Å²) in [6, 6.07) is 3.60. The third-order valence-electron chi connectivity index (χ3n) is 9.76. The number of piperazine rings is 1. The van der Waals surface area contributed by atoms with Crippen molar-refractivity contribution in [3.05, 3.63) is 29.3 Å². The highest BCUT2D eigenvalue weighted by Crippen LogP contribution is 2.68. The van der Waals surface area contributed by atoms with E-state index in [1.165, 1.54) is 0 Å². The Morgan fingerprint density at radius 2 is 1.91 bits per heavy atom. The molecule has 2 amide bonds. The van der Waals surface area contributed by atoms with Gasteiger partial charge in [0, 0.05) is 29.0 Å². The summed E-state index contributed by atoms with van der Waals surface area (Å²) in [5.74, 6) is -0.161. The van der Waals surface area contributed by atoms with Crippen LogP contribution in [0, 0.1) is 11.3 Å². The number of fused-ring (bicyclic) bond motifs is 6. The summed E-state index contributed by atoms with van der Waals surface area (Å²) in [4.78, 5) is 49.8. The molecule has 1 aromatic carbocycles. The van der Waals surface area contributed by atoms with Crippen molar-refractivity contribution in [2.24, 2.45) is 11.3 Å². The summed E-state index contributed by atoms with van der Waals surface area (Å²) >= 11 is 0. The van der Waals surface area contributed by atoms with Gasteiger partial charge in [0.05, 0.1) is 5.69 Å². The molecule has 0 radical (unpaired) electrons. The molecule has 8 aliphatic heterocycles. The van der Waals surface area contributed by atoms with E-state index in [0.29, 0.717) is 36.4 Å². The Hall–Kier alpha value is -2.91. The first kappa shape index (κ1) is 20.3. The minimum atomic E-state index is -1.44. The number of anilines is 1. The lowest BCUT2D eigenvalue weighted by molar-refractivity contribution is -0.259. The van der Waals surface area contributed by atoms with Crippen LogP contribution in [0.25, 0.3) is 6.08 Å². The summed E-state index contributed by atoms with van der Waals surface area (Å²) in [5.41, 5.74) is -3.14. The highest BCUT2D eigenvalue weighted by Gasteiger charge is 2.85. The number of rotatable bonds is 0. The number of carbonyl (C=O) groups is 3. The van der Waals surface area contributed by atoms with Crippen molar-refractivity contribution in [2.45, 2.75) is 75.7 Å². The fourth-order valence-electron chi connectivity index (χ4n) is 8.07. The Morgan fingerprint density at radius 1 is 1.11 bits per heavy atom. The second-order valence-electron chi connectivity index (χ2n) is 12.1. The van der Waals surface area contributed by atoms with Crippen LogP contribution in [-0.2, 0) is 19.2 Å². The van der Waals surface area contributed by atoms with Gasteiger partial charge in [-0.05, 0) is 57.4 Å². The van der Waals surface area contributed by atoms with Crippen LogP contribution < -0.4 is 15.1 Å². The van der Waals surface area contributed by atoms with Crippen LogP contribution in [0.3, 0.4) is 0 Å². The zero-order chi connectivity index (χ0) is 24.3. The van der Waals surface area contributed by atoms with Gasteiger partial charge in [0.1, 0.15) is 16.9 Å². The van der Waals surface area contributed by atoms with Crippen LogP contribution in [0.5, 0.6) is 5.75 Å². The lowest BCUT2D eigenvalue weighted by Gasteiger charge is -2.65. The molecule has 0 aromatic heterocycles. The summed E-state index contributed by atoms with van der Waals surface area (Å²) in [5, 5.41) is 4.65. The molecule has 182 valence electrons. The molecular weight excluding hydrogens is 450 g/mol.